The molecule has 7 heteroatoms. The van der Waals surface area contributed by atoms with Crippen LogP contribution in [0.25, 0.3) is 10.7 Å². The topological polar surface area (TPSA) is 92.2 Å². The maximum absolute atomic E-state index is 12.0. The third kappa shape index (κ3) is 4.11. The monoisotopic (exact) mass is 319 g/mol. The number of carbonyl (C=O) groups excluding carboxylic acids is 1. The van der Waals surface area contributed by atoms with Crippen LogP contribution in [-0.2, 0) is 16.0 Å². The Morgan fingerprint density at radius 2 is 2.14 bits per heavy atom. The van der Waals surface area contributed by atoms with Gasteiger partial charge in [0.15, 0.2) is 0 Å². The zero-order valence-corrected chi connectivity index (χ0v) is 13.1. The number of nitrogens with one attached hydrogen (secondary N) is 1. The maximum Gasteiger partial charge on any atom is 0.326 e. The predicted molar refractivity (Wildman–Crippen MR) is 83.5 cm³/mol. The molecule has 2 aromatic heterocycles. The molecular weight excluding hydrogens is 302 g/mol. The fourth-order valence-electron chi connectivity index (χ4n) is 1.90. The van der Waals surface area contributed by atoms with Crippen molar-refractivity contribution < 1.29 is 14.7 Å². The van der Waals surface area contributed by atoms with E-state index in [2.05, 4.69) is 15.3 Å². The highest BCUT2D eigenvalue weighted by molar-refractivity contribution is 7.13. The molecule has 0 aliphatic rings. The lowest BCUT2D eigenvalue weighted by Gasteiger charge is -2.17. The van der Waals surface area contributed by atoms with E-state index in [1.165, 1.54) is 11.3 Å². The minimum absolute atomic E-state index is 0.0554. The van der Waals surface area contributed by atoms with Crippen molar-refractivity contribution in [1.82, 2.24) is 15.3 Å². The first-order valence-electron chi connectivity index (χ1n) is 6.85. The van der Waals surface area contributed by atoms with Gasteiger partial charge in [-0.1, -0.05) is 19.9 Å². The summed E-state index contributed by atoms with van der Waals surface area (Å²) in [5, 5.41) is 14.1. The zero-order valence-electron chi connectivity index (χ0n) is 12.3. The number of carbonyl (C=O) groups is 2. The summed E-state index contributed by atoms with van der Waals surface area (Å²) < 4.78 is 0. The molecule has 2 rings (SSSR count). The molecule has 1 atom stereocenters. The lowest BCUT2D eigenvalue weighted by atomic mass is 10.0. The Balaban J connectivity index is 2.01. The van der Waals surface area contributed by atoms with Crippen molar-refractivity contribution in [3.8, 4) is 10.7 Å². The van der Waals surface area contributed by atoms with Crippen LogP contribution in [0.5, 0.6) is 0 Å². The summed E-state index contributed by atoms with van der Waals surface area (Å²) in [6, 6.07) is 4.66. The van der Waals surface area contributed by atoms with Gasteiger partial charge in [0.25, 0.3) is 0 Å². The van der Waals surface area contributed by atoms with Crippen LogP contribution in [0, 0.1) is 5.92 Å². The average molecular weight is 319 g/mol. The molecule has 1 amide bonds. The Morgan fingerprint density at radius 3 is 2.73 bits per heavy atom. The first-order chi connectivity index (χ1) is 10.5. The molecule has 0 aliphatic heterocycles. The molecule has 116 valence electrons. The molecule has 2 heterocycles. The fraction of sp³-hybridized carbons (Fsp3) is 0.333. The summed E-state index contributed by atoms with van der Waals surface area (Å²) in [6.07, 6.45) is 1.74. The lowest BCUT2D eigenvalue weighted by Crippen LogP contribution is -2.44. The number of thiazole rings is 1. The van der Waals surface area contributed by atoms with Gasteiger partial charge in [0, 0.05) is 11.6 Å². The van der Waals surface area contributed by atoms with Crippen LogP contribution in [-0.4, -0.2) is 33.0 Å². The van der Waals surface area contributed by atoms with E-state index in [4.69, 9.17) is 5.11 Å². The van der Waals surface area contributed by atoms with Gasteiger partial charge >= 0.3 is 5.97 Å². The third-order valence-corrected chi connectivity index (χ3v) is 3.94. The molecule has 6 nitrogen and oxygen atoms in total. The molecule has 0 aromatic carbocycles. The molecule has 0 fully saturated rings. The largest absolute Gasteiger partial charge is 0.480 e. The number of nitrogens with zero attached hydrogens (tertiary/aromatic N) is 2. The molecule has 0 unspecified atom stereocenters. The minimum Gasteiger partial charge on any atom is -0.480 e. The van der Waals surface area contributed by atoms with Crippen LogP contribution < -0.4 is 5.32 Å². The number of carboxylic acids is 1. The second kappa shape index (κ2) is 7.13. The summed E-state index contributed by atoms with van der Waals surface area (Å²) in [5.74, 6) is -1.56. The molecule has 0 saturated carbocycles. The number of pyridine rings is 1. The van der Waals surface area contributed by atoms with Gasteiger partial charge in [-0.05, 0) is 18.1 Å². The lowest BCUT2D eigenvalue weighted by molar-refractivity contribution is -0.143. The van der Waals surface area contributed by atoms with E-state index in [1.54, 1.807) is 25.4 Å². The molecule has 22 heavy (non-hydrogen) atoms. The van der Waals surface area contributed by atoms with E-state index in [9.17, 15) is 9.59 Å². The van der Waals surface area contributed by atoms with E-state index in [0.717, 1.165) is 10.7 Å². The van der Waals surface area contributed by atoms with Gasteiger partial charge in [0.05, 0.1) is 17.8 Å². The molecule has 2 N–H and O–H groups in total. The van der Waals surface area contributed by atoms with E-state index in [1.807, 2.05) is 18.2 Å². The number of aliphatic carboxylic acids is 1. The number of hydrogen-bond donors (Lipinski definition) is 2. The summed E-state index contributed by atoms with van der Waals surface area (Å²) in [5.41, 5.74) is 1.36. The van der Waals surface area contributed by atoms with Crippen LogP contribution >= 0.6 is 11.3 Å². The second-order valence-corrected chi connectivity index (χ2v) is 6.02. The van der Waals surface area contributed by atoms with Crippen molar-refractivity contribution in [2.24, 2.45) is 5.92 Å². The quantitative estimate of drug-likeness (QED) is 0.849. The predicted octanol–water partition coefficient (Wildman–Crippen LogP) is 1.97. The highest BCUT2D eigenvalue weighted by Gasteiger charge is 2.23. The van der Waals surface area contributed by atoms with Gasteiger partial charge in [0.1, 0.15) is 11.0 Å². The van der Waals surface area contributed by atoms with E-state index in [0.29, 0.717) is 5.69 Å². The zero-order chi connectivity index (χ0) is 16.1. The Morgan fingerprint density at radius 1 is 1.36 bits per heavy atom. The summed E-state index contributed by atoms with van der Waals surface area (Å²) >= 11 is 1.41. The Labute approximate surface area is 132 Å². The normalized spacial score (nSPS) is 12.1. The fourth-order valence-corrected chi connectivity index (χ4v) is 2.69. The molecular formula is C15H17N3O3S. The van der Waals surface area contributed by atoms with Crippen LogP contribution in [0.4, 0.5) is 0 Å². The van der Waals surface area contributed by atoms with Gasteiger partial charge in [-0.25, -0.2) is 9.78 Å². The minimum atomic E-state index is -1.03. The molecule has 0 radical (unpaired) electrons. The molecule has 0 spiro atoms. The summed E-state index contributed by atoms with van der Waals surface area (Å²) in [6.45, 7) is 3.50. The second-order valence-electron chi connectivity index (χ2n) is 5.16. The van der Waals surface area contributed by atoms with Gasteiger partial charge in [0.2, 0.25) is 5.91 Å². The van der Waals surface area contributed by atoms with Gasteiger partial charge in [-0.15, -0.1) is 11.3 Å². The number of hydrogen-bond acceptors (Lipinski definition) is 5. The Bertz CT molecular complexity index is 655. The van der Waals surface area contributed by atoms with Crippen molar-refractivity contribution in [3.05, 3.63) is 35.5 Å². The number of amides is 1. The standard InChI is InChI=1S/C15H17N3O3S/c1-9(2)13(15(20)21)18-12(19)7-10-8-22-14(17-10)11-5-3-4-6-16-11/h3-6,8-9,13H,7H2,1-2H3,(H,18,19)(H,20,21)/t13-/m1/s1. The smallest absolute Gasteiger partial charge is 0.326 e. The Kier molecular flexibility index (Phi) is 5.21. The van der Waals surface area contributed by atoms with Crippen LogP contribution in [0.2, 0.25) is 0 Å². The molecule has 0 aliphatic carbocycles. The van der Waals surface area contributed by atoms with Crippen molar-refractivity contribution >= 4 is 23.2 Å². The highest BCUT2D eigenvalue weighted by Crippen LogP contribution is 2.21. The molecule has 0 saturated heterocycles. The SMILES string of the molecule is CC(C)[C@@H](NC(=O)Cc1csc(-c2ccccn2)n1)C(=O)O. The van der Waals surface area contributed by atoms with Crippen molar-refractivity contribution in [2.75, 3.05) is 0 Å². The number of carboxylic acid groups (broad SMARTS) is 1. The average Bonchev–Trinajstić information content (AvgIpc) is 2.93. The Hall–Kier alpha value is -2.28. The van der Waals surface area contributed by atoms with Gasteiger partial charge in [-0.2, -0.15) is 0 Å². The number of rotatable bonds is 6. The van der Waals surface area contributed by atoms with E-state index in [-0.39, 0.29) is 18.2 Å². The first kappa shape index (κ1) is 16.1. The van der Waals surface area contributed by atoms with Gasteiger partial charge in [-0.3, -0.25) is 9.78 Å². The van der Waals surface area contributed by atoms with Crippen molar-refractivity contribution in [1.29, 1.82) is 0 Å². The van der Waals surface area contributed by atoms with Crippen molar-refractivity contribution in [3.63, 3.8) is 0 Å². The van der Waals surface area contributed by atoms with Crippen molar-refractivity contribution in [2.45, 2.75) is 26.3 Å². The van der Waals surface area contributed by atoms with E-state index < -0.39 is 12.0 Å². The van der Waals surface area contributed by atoms with Gasteiger partial charge < -0.3 is 10.4 Å². The van der Waals surface area contributed by atoms with E-state index >= 15 is 0 Å². The first-order valence-corrected chi connectivity index (χ1v) is 7.73. The maximum atomic E-state index is 12.0. The number of aromatic nitrogens is 2. The third-order valence-electron chi connectivity index (χ3n) is 3.03. The highest BCUT2D eigenvalue weighted by atomic mass is 32.1. The summed E-state index contributed by atoms with van der Waals surface area (Å²) in [4.78, 5) is 31.6. The van der Waals surface area contributed by atoms with Crippen LogP contribution in [0.1, 0.15) is 19.5 Å². The molecule has 0 bridgehead atoms. The molecule has 2 aromatic rings. The van der Waals surface area contributed by atoms with Crippen LogP contribution in [0.3, 0.4) is 0 Å². The summed E-state index contributed by atoms with van der Waals surface area (Å²) in [7, 11) is 0. The van der Waals surface area contributed by atoms with Crippen LogP contribution in [0.15, 0.2) is 29.8 Å².